The first-order chi connectivity index (χ1) is 13.7. The van der Waals surface area contributed by atoms with Crippen molar-refractivity contribution in [1.82, 2.24) is 14.3 Å². The molecule has 1 saturated carbocycles. The van der Waals surface area contributed by atoms with Crippen molar-refractivity contribution < 1.29 is 0 Å². The highest BCUT2D eigenvalue weighted by Crippen LogP contribution is 2.53. The third-order valence-corrected chi connectivity index (χ3v) is 7.26. The topological polar surface area (TPSA) is 46.6 Å². The summed E-state index contributed by atoms with van der Waals surface area (Å²) in [7, 11) is 0. The molecule has 29 heavy (non-hydrogen) atoms. The van der Waals surface area contributed by atoms with Gasteiger partial charge in [0.2, 0.25) is 0 Å². The Kier molecular flexibility index (Phi) is 4.34. The number of likely N-dealkylation sites (tertiary alicyclic amines) is 1. The standard InChI is InChI=1S/C24H29BrN4/c1-23(2)10-19-11-24(3,14-23)15-28(19)13-20-22(16-4-6-17(25)7-5-16)27-21-9-8-18(26)12-29(20)21/h4-9,12,19H,10-11,13-15,26H2,1-3H3. The average Bonchev–Trinajstić information content (AvgIpc) is 3.09. The molecular weight excluding hydrogens is 424 g/mol. The highest BCUT2D eigenvalue weighted by atomic mass is 79.9. The van der Waals surface area contributed by atoms with Gasteiger partial charge in [0.05, 0.1) is 11.4 Å². The van der Waals surface area contributed by atoms with E-state index in [1.54, 1.807) is 0 Å². The van der Waals surface area contributed by atoms with Gasteiger partial charge in [-0.3, -0.25) is 4.90 Å². The number of nitrogens with zero attached hydrogens (tertiary/aromatic N) is 3. The Labute approximate surface area is 181 Å². The minimum atomic E-state index is 0.420. The molecule has 2 aromatic heterocycles. The van der Waals surface area contributed by atoms with Crippen LogP contribution >= 0.6 is 15.9 Å². The lowest BCUT2D eigenvalue weighted by atomic mass is 9.65. The van der Waals surface area contributed by atoms with E-state index in [0.717, 1.165) is 40.2 Å². The largest absolute Gasteiger partial charge is 0.398 e. The summed E-state index contributed by atoms with van der Waals surface area (Å²) in [5, 5.41) is 0. The third-order valence-electron chi connectivity index (χ3n) is 6.73. The second kappa shape index (κ2) is 6.58. The number of halogens is 1. The Balaban J connectivity index is 1.58. The lowest BCUT2D eigenvalue weighted by Gasteiger charge is -2.40. The van der Waals surface area contributed by atoms with Crippen LogP contribution in [0.25, 0.3) is 16.9 Å². The van der Waals surface area contributed by atoms with E-state index in [4.69, 9.17) is 10.7 Å². The Morgan fingerprint density at radius 1 is 1.10 bits per heavy atom. The number of hydrogen-bond donors (Lipinski definition) is 1. The second-order valence-corrected chi connectivity index (χ2v) is 11.1. The minimum Gasteiger partial charge on any atom is -0.398 e. The molecule has 2 atom stereocenters. The fourth-order valence-corrected chi connectivity index (χ4v) is 6.32. The summed E-state index contributed by atoms with van der Waals surface area (Å²) in [6.45, 7) is 9.41. The van der Waals surface area contributed by atoms with Gasteiger partial charge < -0.3 is 10.1 Å². The van der Waals surface area contributed by atoms with E-state index in [-0.39, 0.29) is 0 Å². The van der Waals surface area contributed by atoms with Crippen LogP contribution in [0.2, 0.25) is 0 Å². The summed E-state index contributed by atoms with van der Waals surface area (Å²) in [5.74, 6) is 0. The minimum absolute atomic E-state index is 0.420. The maximum Gasteiger partial charge on any atom is 0.137 e. The van der Waals surface area contributed by atoms with E-state index in [0.29, 0.717) is 16.9 Å². The number of pyridine rings is 1. The smallest absolute Gasteiger partial charge is 0.137 e. The molecule has 2 aliphatic rings. The van der Waals surface area contributed by atoms with Crippen LogP contribution in [0.5, 0.6) is 0 Å². The van der Waals surface area contributed by atoms with Crippen molar-refractivity contribution in [2.24, 2.45) is 10.8 Å². The lowest BCUT2D eigenvalue weighted by molar-refractivity contribution is 0.126. The number of imidazole rings is 1. The number of nitrogens with two attached hydrogens (primary N) is 1. The molecule has 0 radical (unpaired) electrons. The number of nitrogen functional groups attached to an aromatic ring is 1. The molecule has 0 spiro atoms. The second-order valence-electron chi connectivity index (χ2n) is 10.2. The van der Waals surface area contributed by atoms with E-state index in [9.17, 15) is 0 Å². The highest BCUT2D eigenvalue weighted by Gasteiger charge is 2.49. The maximum absolute atomic E-state index is 6.14. The molecule has 4 nitrogen and oxygen atoms in total. The molecule has 2 unspecified atom stereocenters. The Hall–Kier alpha value is -1.85. The van der Waals surface area contributed by atoms with E-state index in [1.165, 1.54) is 25.0 Å². The molecule has 3 heterocycles. The summed E-state index contributed by atoms with van der Waals surface area (Å²) in [6.07, 6.45) is 5.92. The summed E-state index contributed by atoms with van der Waals surface area (Å²) in [5.41, 5.74) is 12.2. The molecule has 152 valence electrons. The van der Waals surface area contributed by atoms with Crippen molar-refractivity contribution in [2.75, 3.05) is 12.3 Å². The number of rotatable bonds is 3. The number of hydrogen-bond acceptors (Lipinski definition) is 3. The van der Waals surface area contributed by atoms with Gasteiger partial charge in [-0.1, -0.05) is 48.8 Å². The lowest BCUT2D eigenvalue weighted by Crippen LogP contribution is -2.34. The van der Waals surface area contributed by atoms with Crippen LogP contribution in [0.3, 0.4) is 0 Å². The zero-order valence-corrected chi connectivity index (χ0v) is 19.0. The van der Waals surface area contributed by atoms with Gasteiger partial charge in [0, 0.05) is 41.1 Å². The van der Waals surface area contributed by atoms with Gasteiger partial charge in [-0.25, -0.2) is 4.98 Å². The normalized spacial score (nSPS) is 26.3. The van der Waals surface area contributed by atoms with Crippen LogP contribution in [0.15, 0.2) is 47.1 Å². The van der Waals surface area contributed by atoms with Gasteiger partial charge in [-0.2, -0.15) is 0 Å². The quantitative estimate of drug-likeness (QED) is 0.550. The number of aromatic nitrogens is 2. The van der Waals surface area contributed by atoms with Gasteiger partial charge >= 0.3 is 0 Å². The first kappa shape index (κ1) is 19.1. The molecule has 5 heteroatoms. The Morgan fingerprint density at radius 3 is 2.62 bits per heavy atom. The molecule has 1 saturated heterocycles. The van der Waals surface area contributed by atoms with Crippen LogP contribution < -0.4 is 5.73 Å². The van der Waals surface area contributed by atoms with Crippen LogP contribution in [0, 0.1) is 10.8 Å². The zero-order chi connectivity index (χ0) is 20.4. The predicted molar refractivity (Wildman–Crippen MR) is 123 cm³/mol. The highest BCUT2D eigenvalue weighted by molar-refractivity contribution is 9.10. The average molecular weight is 453 g/mol. The molecule has 2 N–H and O–H groups in total. The molecular formula is C24H29BrN4. The fraction of sp³-hybridized carbons (Fsp3) is 0.458. The van der Waals surface area contributed by atoms with Gasteiger partial charge in [0.15, 0.2) is 0 Å². The van der Waals surface area contributed by atoms with Crippen molar-refractivity contribution in [3.05, 3.63) is 52.8 Å². The molecule has 2 bridgehead atoms. The van der Waals surface area contributed by atoms with Crippen molar-refractivity contribution >= 4 is 27.3 Å². The fourth-order valence-electron chi connectivity index (χ4n) is 6.05. The van der Waals surface area contributed by atoms with Gasteiger partial charge in [0.25, 0.3) is 0 Å². The van der Waals surface area contributed by atoms with Crippen molar-refractivity contribution in [2.45, 2.75) is 52.6 Å². The molecule has 5 rings (SSSR count). The predicted octanol–water partition coefficient (Wildman–Crippen LogP) is 5.75. The Morgan fingerprint density at radius 2 is 1.86 bits per heavy atom. The van der Waals surface area contributed by atoms with Crippen LogP contribution in [0.1, 0.15) is 45.7 Å². The zero-order valence-electron chi connectivity index (χ0n) is 17.5. The van der Waals surface area contributed by atoms with Gasteiger partial charge in [0.1, 0.15) is 5.65 Å². The van der Waals surface area contributed by atoms with Crippen molar-refractivity contribution in [1.29, 1.82) is 0 Å². The summed E-state index contributed by atoms with van der Waals surface area (Å²) >= 11 is 3.55. The molecule has 1 aromatic carbocycles. The van der Waals surface area contributed by atoms with E-state index < -0.39 is 0 Å². The van der Waals surface area contributed by atoms with E-state index >= 15 is 0 Å². The first-order valence-electron chi connectivity index (χ1n) is 10.5. The summed E-state index contributed by atoms with van der Waals surface area (Å²) in [6, 6.07) is 13.1. The Bertz CT molecular complexity index is 1070. The monoisotopic (exact) mass is 452 g/mol. The van der Waals surface area contributed by atoms with Gasteiger partial charge in [-0.05, 0) is 54.4 Å². The van der Waals surface area contributed by atoms with Crippen molar-refractivity contribution in [3.63, 3.8) is 0 Å². The summed E-state index contributed by atoms with van der Waals surface area (Å²) in [4.78, 5) is 7.69. The molecule has 1 aliphatic heterocycles. The van der Waals surface area contributed by atoms with Crippen LogP contribution in [0.4, 0.5) is 5.69 Å². The van der Waals surface area contributed by atoms with E-state index in [1.807, 2.05) is 18.3 Å². The SMILES string of the molecule is CC1(C)CC2CC(C)(CN2Cc2c(-c3ccc(Br)cc3)nc3ccc(N)cn23)C1. The number of fused-ring (bicyclic) bond motifs is 3. The van der Waals surface area contributed by atoms with E-state index in [2.05, 4.69) is 70.3 Å². The van der Waals surface area contributed by atoms with Gasteiger partial charge in [-0.15, -0.1) is 0 Å². The molecule has 3 aromatic rings. The summed E-state index contributed by atoms with van der Waals surface area (Å²) < 4.78 is 3.28. The molecule has 0 amide bonds. The molecule has 2 fully saturated rings. The number of benzene rings is 1. The number of anilines is 1. The van der Waals surface area contributed by atoms with Crippen LogP contribution in [-0.4, -0.2) is 26.9 Å². The third kappa shape index (κ3) is 3.49. The van der Waals surface area contributed by atoms with Crippen LogP contribution in [-0.2, 0) is 6.54 Å². The molecule has 1 aliphatic carbocycles. The van der Waals surface area contributed by atoms with Crippen molar-refractivity contribution in [3.8, 4) is 11.3 Å². The maximum atomic E-state index is 6.14. The first-order valence-corrected chi connectivity index (χ1v) is 11.3.